The Hall–Kier alpha value is -1.86. The standard InChI is InChI=1S/C20H26N2O4.2ClH/c1-4-22(5-2)13-14-26-19(23)20(24,17-7-6-12-21-15-17)16-8-10-18(25-3)11-9-16;;/h6-12,15,24H,4-5,13-14H2,1-3H3;2*1H. The van der Waals surface area contributed by atoms with Crippen molar-refractivity contribution in [1.82, 2.24) is 9.88 Å². The van der Waals surface area contributed by atoms with E-state index in [9.17, 15) is 9.90 Å². The number of likely N-dealkylation sites (N-methyl/N-ethyl adjacent to an activating group) is 1. The first kappa shape index (κ1) is 26.1. The molecule has 1 N–H and O–H groups in total. The van der Waals surface area contributed by atoms with Crippen molar-refractivity contribution in [2.24, 2.45) is 0 Å². The summed E-state index contributed by atoms with van der Waals surface area (Å²) in [5.41, 5.74) is -1.17. The van der Waals surface area contributed by atoms with Crippen molar-refractivity contribution in [3.05, 3.63) is 59.9 Å². The second kappa shape index (κ2) is 12.6. The van der Waals surface area contributed by atoms with Crippen LogP contribution in [0.15, 0.2) is 48.8 Å². The fraction of sp³-hybridized carbons (Fsp3) is 0.400. The minimum absolute atomic E-state index is 0. The number of aliphatic hydroxyl groups is 1. The van der Waals surface area contributed by atoms with Gasteiger partial charge < -0.3 is 19.5 Å². The molecule has 0 saturated heterocycles. The average molecular weight is 431 g/mol. The lowest BCUT2D eigenvalue weighted by molar-refractivity contribution is -0.162. The Labute approximate surface area is 178 Å². The van der Waals surface area contributed by atoms with Gasteiger partial charge in [-0.25, -0.2) is 4.79 Å². The van der Waals surface area contributed by atoms with Crippen molar-refractivity contribution in [2.75, 3.05) is 33.4 Å². The molecule has 0 amide bonds. The lowest BCUT2D eigenvalue weighted by Crippen LogP contribution is -2.40. The van der Waals surface area contributed by atoms with Gasteiger partial charge in [-0.3, -0.25) is 4.98 Å². The third-order valence-corrected chi connectivity index (χ3v) is 4.42. The molecule has 0 radical (unpaired) electrons. The van der Waals surface area contributed by atoms with Gasteiger partial charge in [-0.2, -0.15) is 0 Å². The van der Waals surface area contributed by atoms with Gasteiger partial charge in [0.15, 0.2) is 0 Å². The second-order valence-corrected chi connectivity index (χ2v) is 5.84. The molecule has 6 nitrogen and oxygen atoms in total. The number of carbonyl (C=O) groups is 1. The summed E-state index contributed by atoms with van der Waals surface area (Å²) < 4.78 is 10.6. The van der Waals surface area contributed by atoms with Crippen molar-refractivity contribution in [3.63, 3.8) is 0 Å². The smallest absolute Gasteiger partial charge is 0.347 e. The van der Waals surface area contributed by atoms with Crippen LogP contribution < -0.4 is 4.74 Å². The molecular formula is C20H28Cl2N2O4. The first-order valence-electron chi connectivity index (χ1n) is 8.73. The van der Waals surface area contributed by atoms with E-state index in [0.29, 0.717) is 23.4 Å². The Kier molecular flexibility index (Phi) is 11.7. The molecule has 28 heavy (non-hydrogen) atoms. The fourth-order valence-electron chi connectivity index (χ4n) is 2.72. The maximum absolute atomic E-state index is 12.8. The number of benzene rings is 1. The number of nitrogens with zero attached hydrogens (tertiary/aromatic N) is 2. The number of aromatic nitrogens is 1. The molecule has 1 atom stereocenters. The van der Waals surface area contributed by atoms with Gasteiger partial charge in [-0.15, -0.1) is 24.8 Å². The molecule has 1 aromatic carbocycles. The molecule has 0 aliphatic rings. The van der Waals surface area contributed by atoms with Crippen LogP contribution in [-0.2, 0) is 15.1 Å². The number of pyridine rings is 1. The summed E-state index contributed by atoms with van der Waals surface area (Å²) in [6, 6.07) is 10.0. The minimum Gasteiger partial charge on any atom is -0.497 e. The molecule has 8 heteroatoms. The van der Waals surface area contributed by atoms with Gasteiger partial charge in [0, 0.05) is 24.5 Å². The van der Waals surface area contributed by atoms with Gasteiger partial charge >= 0.3 is 5.97 Å². The molecular weight excluding hydrogens is 403 g/mol. The molecule has 1 unspecified atom stereocenters. The molecule has 156 valence electrons. The normalized spacial score (nSPS) is 12.3. The van der Waals surface area contributed by atoms with Crippen LogP contribution in [0.4, 0.5) is 0 Å². The summed E-state index contributed by atoms with van der Waals surface area (Å²) in [6.07, 6.45) is 3.06. The van der Waals surface area contributed by atoms with Crippen LogP contribution in [0.3, 0.4) is 0 Å². The zero-order valence-electron chi connectivity index (χ0n) is 16.3. The lowest BCUT2D eigenvalue weighted by atomic mass is 9.87. The topological polar surface area (TPSA) is 71.9 Å². The van der Waals surface area contributed by atoms with Crippen LogP contribution in [0, 0.1) is 0 Å². The van der Waals surface area contributed by atoms with Crippen molar-refractivity contribution in [1.29, 1.82) is 0 Å². The average Bonchev–Trinajstić information content (AvgIpc) is 2.71. The highest BCUT2D eigenvalue weighted by atomic mass is 35.5. The van der Waals surface area contributed by atoms with Crippen LogP contribution in [0.1, 0.15) is 25.0 Å². The first-order valence-corrected chi connectivity index (χ1v) is 8.73. The van der Waals surface area contributed by atoms with Crippen LogP contribution in [0.5, 0.6) is 5.75 Å². The quantitative estimate of drug-likeness (QED) is 0.616. The number of esters is 1. The molecule has 2 rings (SSSR count). The largest absolute Gasteiger partial charge is 0.497 e. The second-order valence-electron chi connectivity index (χ2n) is 5.84. The highest BCUT2D eigenvalue weighted by molar-refractivity contribution is 5.86. The van der Waals surface area contributed by atoms with Crippen molar-refractivity contribution in [2.45, 2.75) is 19.4 Å². The number of halogens is 2. The Balaban J connectivity index is 0.00000364. The predicted molar refractivity (Wildman–Crippen MR) is 113 cm³/mol. The Morgan fingerprint density at radius 3 is 2.25 bits per heavy atom. The van der Waals surface area contributed by atoms with E-state index in [1.54, 1.807) is 49.7 Å². The van der Waals surface area contributed by atoms with E-state index >= 15 is 0 Å². The van der Waals surface area contributed by atoms with Crippen LogP contribution in [0.25, 0.3) is 0 Å². The molecule has 0 aliphatic heterocycles. The molecule has 2 aromatic rings. The lowest BCUT2D eigenvalue weighted by Gasteiger charge is -2.27. The van der Waals surface area contributed by atoms with E-state index in [-0.39, 0.29) is 31.4 Å². The SMILES string of the molecule is CCN(CC)CCOC(=O)C(O)(c1ccc(OC)cc1)c1cccnc1.Cl.Cl. The fourth-order valence-corrected chi connectivity index (χ4v) is 2.72. The summed E-state index contributed by atoms with van der Waals surface area (Å²) in [6.45, 7) is 6.67. The van der Waals surface area contributed by atoms with Gasteiger partial charge in [0.1, 0.15) is 12.4 Å². The molecule has 1 aromatic heterocycles. The van der Waals surface area contributed by atoms with E-state index < -0.39 is 11.6 Å². The Morgan fingerprint density at radius 1 is 1.11 bits per heavy atom. The molecule has 1 heterocycles. The molecule has 0 spiro atoms. The van der Waals surface area contributed by atoms with Crippen molar-refractivity contribution >= 4 is 30.8 Å². The first-order chi connectivity index (χ1) is 12.6. The van der Waals surface area contributed by atoms with Gasteiger partial charge in [0.05, 0.1) is 7.11 Å². The summed E-state index contributed by atoms with van der Waals surface area (Å²) in [5.74, 6) is -0.0833. The number of methoxy groups -OCH3 is 1. The Bertz CT molecular complexity index is 697. The van der Waals surface area contributed by atoms with Gasteiger partial charge in [-0.1, -0.05) is 32.0 Å². The van der Waals surface area contributed by atoms with Crippen LogP contribution >= 0.6 is 24.8 Å². The van der Waals surface area contributed by atoms with Crippen molar-refractivity contribution in [3.8, 4) is 5.75 Å². The van der Waals surface area contributed by atoms with E-state index in [4.69, 9.17) is 9.47 Å². The summed E-state index contributed by atoms with van der Waals surface area (Å²) in [4.78, 5) is 19.0. The zero-order chi connectivity index (χ0) is 19.0. The third-order valence-electron chi connectivity index (χ3n) is 4.42. The number of ether oxygens (including phenoxy) is 2. The minimum atomic E-state index is -1.93. The molecule has 0 bridgehead atoms. The molecule has 0 fully saturated rings. The van der Waals surface area contributed by atoms with Gasteiger partial charge in [0.2, 0.25) is 5.60 Å². The third kappa shape index (κ3) is 6.07. The van der Waals surface area contributed by atoms with E-state index in [1.807, 2.05) is 0 Å². The van der Waals surface area contributed by atoms with Gasteiger partial charge in [0.25, 0.3) is 0 Å². The highest BCUT2D eigenvalue weighted by Crippen LogP contribution is 2.31. The Morgan fingerprint density at radius 2 is 1.75 bits per heavy atom. The van der Waals surface area contributed by atoms with Gasteiger partial charge in [-0.05, 0) is 36.9 Å². The molecule has 0 aliphatic carbocycles. The van der Waals surface area contributed by atoms with Crippen molar-refractivity contribution < 1.29 is 19.4 Å². The number of carbonyl (C=O) groups excluding carboxylic acids is 1. The summed E-state index contributed by atoms with van der Waals surface area (Å²) in [5, 5.41) is 11.3. The van der Waals surface area contributed by atoms with E-state index in [2.05, 4.69) is 23.7 Å². The highest BCUT2D eigenvalue weighted by Gasteiger charge is 2.42. The van der Waals surface area contributed by atoms with E-state index in [1.165, 1.54) is 6.20 Å². The molecule has 0 saturated carbocycles. The van der Waals surface area contributed by atoms with Crippen LogP contribution in [0.2, 0.25) is 0 Å². The zero-order valence-corrected chi connectivity index (χ0v) is 18.0. The van der Waals surface area contributed by atoms with Crippen LogP contribution in [-0.4, -0.2) is 54.3 Å². The predicted octanol–water partition coefficient (Wildman–Crippen LogP) is 3.05. The number of hydrogen-bond acceptors (Lipinski definition) is 6. The summed E-state index contributed by atoms with van der Waals surface area (Å²) in [7, 11) is 1.56. The van der Waals surface area contributed by atoms with E-state index in [0.717, 1.165) is 13.1 Å². The number of rotatable bonds is 9. The summed E-state index contributed by atoms with van der Waals surface area (Å²) >= 11 is 0. The number of hydrogen-bond donors (Lipinski definition) is 1. The monoisotopic (exact) mass is 430 g/mol. The maximum Gasteiger partial charge on any atom is 0.347 e. The maximum atomic E-state index is 12.8.